The van der Waals surface area contributed by atoms with Gasteiger partial charge in [-0.1, -0.05) is 35.3 Å². The first kappa shape index (κ1) is 10.3. The molecule has 1 heterocycles. The standard InChI is InChI=1S/C11H8Cl2N2/c12-9-3-1-2-8(11(9)13)7-4-5-15-10(14)6-7/h1-6H,(H2,14,15). The lowest BCUT2D eigenvalue weighted by Gasteiger charge is -2.05. The van der Waals surface area contributed by atoms with E-state index in [0.29, 0.717) is 15.9 Å². The van der Waals surface area contributed by atoms with Gasteiger partial charge >= 0.3 is 0 Å². The van der Waals surface area contributed by atoms with E-state index >= 15 is 0 Å². The van der Waals surface area contributed by atoms with Crippen molar-refractivity contribution in [3.05, 3.63) is 46.6 Å². The van der Waals surface area contributed by atoms with Crippen molar-refractivity contribution in [1.29, 1.82) is 0 Å². The molecule has 2 rings (SSSR count). The molecular formula is C11H8Cl2N2. The molecule has 0 aliphatic carbocycles. The average molecular weight is 239 g/mol. The van der Waals surface area contributed by atoms with Gasteiger partial charge < -0.3 is 5.73 Å². The molecule has 76 valence electrons. The molecule has 0 aliphatic heterocycles. The minimum atomic E-state index is 0.462. The van der Waals surface area contributed by atoms with E-state index in [9.17, 15) is 0 Å². The van der Waals surface area contributed by atoms with Gasteiger partial charge in [-0.05, 0) is 23.8 Å². The van der Waals surface area contributed by atoms with Crippen molar-refractivity contribution in [2.24, 2.45) is 0 Å². The summed E-state index contributed by atoms with van der Waals surface area (Å²) in [5.74, 6) is 0.462. The van der Waals surface area contributed by atoms with Crippen LogP contribution in [0, 0.1) is 0 Å². The molecule has 1 aromatic heterocycles. The van der Waals surface area contributed by atoms with Gasteiger partial charge in [0, 0.05) is 11.8 Å². The van der Waals surface area contributed by atoms with Gasteiger partial charge in [-0.3, -0.25) is 0 Å². The minimum absolute atomic E-state index is 0.462. The van der Waals surface area contributed by atoms with Gasteiger partial charge in [0.1, 0.15) is 5.82 Å². The Kier molecular flexibility index (Phi) is 2.80. The Morgan fingerprint density at radius 3 is 2.67 bits per heavy atom. The van der Waals surface area contributed by atoms with Crippen molar-refractivity contribution in [3.8, 4) is 11.1 Å². The number of nitrogens with zero attached hydrogens (tertiary/aromatic N) is 1. The number of hydrogen-bond acceptors (Lipinski definition) is 2. The zero-order valence-corrected chi connectivity index (χ0v) is 9.26. The monoisotopic (exact) mass is 238 g/mol. The second-order valence-electron chi connectivity index (χ2n) is 3.07. The number of anilines is 1. The number of benzene rings is 1. The van der Waals surface area contributed by atoms with Crippen LogP contribution in [0.2, 0.25) is 10.0 Å². The number of nitrogens with two attached hydrogens (primary N) is 1. The molecular weight excluding hydrogens is 231 g/mol. The van der Waals surface area contributed by atoms with Crippen LogP contribution in [0.1, 0.15) is 0 Å². The van der Waals surface area contributed by atoms with Crippen molar-refractivity contribution in [2.75, 3.05) is 5.73 Å². The second kappa shape index (κ2) is 4.09. The molecule has 0 atom stereocenters. The number of halogens is 2. The molecule has 2 N–H and O–H groups in total. The highest BCUT2D eigenvalue weighted by molar-refractivity contribution is 6.43. The summed E-state index contributed by atoms with van der Waals surface area (Å²) >= 11 is 12.0. The predicted molar refractivity (Wildman–Crippen MR) is 64.1 cm³/mol. The molecule has 0 bridgehead atoms. The first-order valence-electron chi connectivity index (χ1n) is 4.34. The van der Waals surface area contributed by atoms with Crippen molar-refractivity contribution in [3.63, 3.8) is 0 Å². The largest absolute Gasteiger partial charge is 0.384 e. The fourth-order valence-electron chi connectivity index (χ4n) is 1.34. The molecule has 1 aromatic carbocycles. The summed E-state index contributed by atoms with van der Waals surface area (Å²) < 4.78 is 0. The molecule has 0 radical (unpaired) electrons. The zero-order chi connectivity index (χ0) is 10.8. The summed E-state index contributed by atoms with van der Waals surface area (Å²) in [4.78, 5) is 3.92. The average Bonchev–Trinajstić information content (AvgIpc) is 2.22. The third kappa shape index (κ3) is 2.06. The molecule has 0 spiro atoms. The van der Waals surface area contributed by atoms with E-state index in [1.807, 2.05) is 18.2 Å². The Labute approximate surface area is 97.7 Å². The third-order valence-electron chi connectivity index (χ3n) is 2.04. The highest BCUT2D eigenvalue weighted by atomic mass is 35.5. The first-order chi connectivity index (χ1) is 7.18. The van der Waals surface area contributed by atoms with Crippen molar-refractivity contribution in [1.82, 2.24) is 4.98 Å². The zero-order valence-electron chi connectivity index (χ0n) is 7.74. The minimum Gasteiger partial charge on any atom is -0.384 e. The lowest BCUT2D eigenvalue weighted by molar-refractivity contribution is 1.34. The van der Waals surface area contributed by atoms with E-state index in [1.165, 1.54) is 0 Å². The Hall–Kier alpha value is -1.25. The van der Waals surface area contributed by atoms with Crippen molar-refractivity contribution < 1.29 is 0 Å². The smallest absolute Gasteiger partial charge is 0.123 e. The summed E-state index contributed by atoms with van der Waals surface area (Å²) in [6, 6.07) is 9.09. The maximum absolute atomic E-state index is 6.09. The van der Waals surface area contributed by atoms with Crippen LogP contribution in [0.4, 0.5) is 5.82 Å². The lowest BCUT2D eigenvalue weighted by Crippen LogP contribution is -1.89. The summed E-state index contributed by atoms with van der Waals surface area (Å²) in [5.41, 5.74) is 7.37. The first-order valence-corrected chi connectivity index (χ1v) is 5.10. The van der Waals surface area contributed by atoms with Crippen LogP contribution in [-0.4, -0.2) is 4.98 Å². The highest BCUT2D eigenvalue weighted by Crippen LogP contribution is 2.33. The Morgan fingerprint density at radius 1 is 1.13 bits per heavy atom. The summed E-state index contributed by atoms with van der Waals surface area (Å²) in [5, 5.41) is 1.06. The number of pyridine rings is 1. The maximum Gasteiger partial charge on any atom is 0.123 e. The Balaban J connectivity index is 2.59. The van der Waals surface area contributed by atoms with E-state index < -0.39 is 0 Å². The normalized spacial score (nSPS) is 10.3. The van der Waals surface area contributed by atoms with Crippen molar-refractivity contribution >= 4 is 29.0 Å². The Bertz CT molecular complexity index is 498. The third-order valence-corrected chi connectivity index (χ3v) is 2.86. The molecule has 0 amide bonds. The van der Waals surface area contributed by atoms with E-state index in [2.05, 4.69) is 4.98 Å². The number of nitrogen functional groups attached to an aromatic ring is 1. The van der Waals surface area contributed by atoms with E-state index in [4.69, 9.17) is 28.9 Å². The van der Waals surface area contributed by atoms with Crippen LogP contribution in [0.25, 0.3) is 11.1 Å². The van der Waals surface area contributed by atoms with Crippen LogP contribution in [0.5, 0.6) is 0 Å². The molecule has 2 aromatic rings. The fraction of sp³-hybridized carbons (Fsp3) is 0. The van der Waals surface area contributed by atoms with Crippen LogP contribution < -0.4 is 5.73 Å². The molecule has 0 saturated heterocycles. The van der Waals surface area contributed by atoms with E-state index in [1.54, 1.807) is 18.3 Å². The van der Waals surface area contributed by atoms with Gasteiger partial charge in [0.25, 0.3) is 0 Å². The molecule has 0 saturated carbocycles. The van der Waals surface area contributed by atoms with Gasteiger partial charge in [0.05, 0.1) is 10.0 Å². The molecule has 0 fully saturated rings. The summed E-state index contributed by atoms with van der Waals surface area (Å²) in [6.45, 7) is 0. The quantitative estimate of drug-likeness (QED) is 0.825. The maximum atomic E-state index is 6.09. The number of aromatic nitrogens is 1. The summed E-state index contributed by atoms with van der Waals surface area (Å²) in [7, 11) is 0. The van der Waals surface area contributed by atoms with Gasteiger partial charge in [0.2, 0.25) is 0 Å². The second-order valence-corrected chi connectivity index (χ2v) is 3.86. The van der Waals surface area contributed by atoms with Crippen LogP contribution in [0.3, 0.4) is 0 Å². The summed E-state index contributed by atoms with van der Waals surface area (Å²) in [6.07, 6.45) is 1.64. The van der Waals surface area contributed by atoms with Gasteiger partial charge in [-0.15, -0.1) is 0 Å². The number of rotatable bonds is 1. The molecule has 0 aliphatic rings. The fourth-order valence-corrected chi connectivity index (χ4v) is 1.75. The molecule has 15 heavy (non-hydrogen) atoms. The highest BCUT2D eigenvalue weighted by Gasteiger charge is 2.06. The van der Waals surface area contributed by atoms with Gasteiger partial charge in [0.15, 0.2) is 0 Å². The number of hydrogen-bond donors (Lipinski definition) is 1. The SMILES string of the molecule is Nc1cc(-c2cccc(Cl)c2Cl)ccn1. The van der Waals surface area contributed by atoms with E-state index in [-0.39, 0.29) is 0 Å². The van der Waals surface area contributed by atoms with Gasteiger partial charge in [-0.2, -0.15) is 0 Å². The van der Waals surface area contributed by atoms with Crippen LogP contribution in [0.15, 0.2) is 36.5 Å². The molecule has 2 nitrogen and oxygen atoms in total. The molecule has 0 unspecified atom stereocenters. The van der Waals surface area contributed by atoms with Gasteiger partial charge in [-0.25, -0.2) is 4.98 Å². The van der Waals surface area contributed by atoms with Crippen LogP contribution in [-0.2, 0) is 0 Å². The lowest BCUT2D eigenvalue weighted by atomic mass is 10.1. The topological polar surface area (TPSA) is 38.9 Å². The Morgan fingerprint density at radius 2 is 1.93 bits per heavy atom. The predicted octanol–water partition coefficient (Wildman–Crippen LogP) is 3.64. The van der Waals surface area contributed by atoms with Crippen molar-refractivity contribution in [2.45, 2.75) is 0 Å². The molecule has 4 heteroatoms. The van der Waals surface area contributed by atoms with Crippen LogP contribution >= 0.6 is 23.2 Å². The van der Waals surface area contributed by atoms with E-state index in [0.717, 1.165) is 11.1 Å².